The maximum absolute atomic E-state index is 10.9. The van der Waals surface area contributed by atoms with E-state index < -0.39 is 0 Å². The third kappa shape index (κ3) is 2.50. The molecule has 0 amide bonds. The molecule has 0 aromatic heterocycles. The fourth-order valence-corrected chi connectivity index (χ4v) is 3.77. The molecule has 5 heteroatoms. The van der Waals surface area contributed by atoms with Gasteiger partial charge in [0, 0.05) is 44.5 Å². The molecule has 2 unspecified atom stereocenters. The van der Waals surface area contributed by atoms with Gasteiger partial charge < -0.3 is 5.32 Å². The summed E-state index contributed by atoms with van der Waals surface area (Å²) in [5.41, 5.74) is 2.20. The molecular weight excluding hydrogens is 254 g/mol. The van der Waals surface area contributed by atoms with E-state index in [1.165, 1.54) is 19.3 Å². The zero-order valence-corrected chi connectivity index (χ0v) is 11.8. The molecule has 1 aliphatic heterocycles. The van der Waals surface area contributed by atoms with Gasteiger partial charge in [-0.05, 0) is 36.3 Å². The van der Waals surface area contributed by atoms with Crippen LogP contribution >= 0.6 is 0 Å². The van der Waals surface area contributed by atoms with Crippen LogP contribution in [0.2, 0.25) is 0 Å². The van der Waals surface area contributed by atoms with Crippen molar-refractivity contribution < 1.29 is 4.92 Å². The Balaban J connectivity index is 1.76. The molecule has 1 aliphatic carbocycles. The summed E-state index contributed by atoms with van der Waals surface area (Å²) in [6.07, 6.45) is 4.09. The topological polar surface area (TPSA) is 58.4 Å². The number of likely N-dealkylation sites (tertiary alicyclic amines) is 1. The van der Waals surface area contributed by atoms with Crippen LogP contribution in [0, 0.1) is 22.0 Å². The second-order valence-corrected chi connectivity index (χ2v) is 5.99. The van der Waals surface area contributed by atoms with Crippen LogP contribution in [0.15, 0.2) is 18.2 Å². The second-order valence-electron chi connectivity index (χ2n) is 5.99. The Morgan fingerprint density at radius 1 is 1.35 bits per heavy atom. The molecule has 0 radical (unpaired) electrons. The molecule has 0 spiro atoms. The van der Waals surface area contributed by atoms with Crippen molar-refractivity contribution in [2.45, 2.75) is 25.8 Å². The average Bonchev–Trinajstić information content (AvgIpc) is 2.99. The van der Waals surface area contributed by atoms with Crippen molar-refractivity contribution in [3.8, 4) is 0 Å². The van der Waals surface area contributed by atoms with Gasteiger partial charge in [0.2, 0.25) is 0 Å². The molecule has 0 bridgehead atoms. The quantitative estimate of drug-likeness (QED) is 0.678. The van der Waals surface area contributed by atoms with E-state index in [1.54, 1.807) is 12.1 Å². The molecular formula is C15H21N3O2. The molecule has 20 heavy (non-hydrogen) atoms. The molecule has 1 aromatic carbocycles. The Kier molecular flexibility index (Phi) is 3.61. The molecule has 1 saturated carbocycles. The SMILES string of the molecule is CNc1ccc([N+](=O)[O-])cc1CN1CC2CCCC2C1. The highest BCUT2D eigenvalue weighted by Crippen LogP contribution is 2.38. The van der Waals surface area contributed by atoms with Gasteiger partial charge >= 0.3 is 0 Å². The van der Waals surface area contributed by atoms with Crippen molar-refractivity contribution in [1.82, 2.24) is 4.90 Å². The Bertz CT molecular complexity index is 506. The normalized spacial score (nSPS) is 25.6. The lowest BCUT2D eigenvalue weighted by Gasteiger charge is -2.18. The standard InChI is InChI=1S/C15H21N3O2/c1-16-15-6-5-14(18(19)20)7-13(15)10-17-8-11-3-2-4-12(11)9-17/h5-7,11-12,16H,2-4,8-10H2,1H3. The predicted molar refractivity (Wildman–Crippen MR) is 78.8 cm³/mol. The number of nitrogens with one attached hydrogen (secondary N) is 1. The summed E-state index contributed by atoms with van der Waals surface area (Å²) in [4.78, 5) is 13.1. The van der Waals surface area contributed by atoms with Crippen LogP contribution in [0.5, 0.6) is 0 Å². The van der Waals surface area contributed by atoms with Gasteiger partial charge in [0.1, 0.15) is 0 Å². The smallest absolute Gasteiger partial charge is 0.269 e. The lowest BCUT2D eigenvalue weighted by Crippen LogP contribution is -2.21. The van der Waals surface area contributed by atoms with E-state index in [4.69, 9.17) is 0 Å². The monoisotopic (exact) mass is 275 g/mol. The molecule has 1 saturated heterocycles. The van der Waals surface area contributed by atoms with Crippen molar-refractivity contribution in [2.24, 2.45) is 11.8 Å². The van der Waals surface area contributed by atoms with Gasteiger partial charge in [-0.3, -0.25) is 15.0 Å². The van der Waals surface area contributed by atoms with Crippen LogP contribution in [-0.2, 0) is 6.54 Å². The van der Waals surface area contributed by atoms with Crippen LogP contribution in [0.25, 0.3) is 0 Å². The number of benzene rings is 1. The first kappa shape index (κ1) is 13.4. The first-order valence-corrected chi connectivity index (χ1v) is 7.35. The number of hydrogen-bond acceptors (Lipinski definition) is 4. The molecule has 5 nitrogen and oxygen atoms in total. The van der Waals surface area contributed by atoms with Gasteiger partial charge in [-0.2, -0.15) is 0 Å². The van der Waals surface area contributed by atoms with Gasteiger partial charge in [-0.25, -0.2) is 0 Å². The van der Waals surface area contributed by atoms with Crippen LogP contribution in [0.1, 0.15) is 24.8 Å². The van der Waals surface area contributed by atoms with Gasteiger partial charge in [0.25, 0.3) is 5.69 Å². The van der Waals surface area contributed by atoms with Crippen LogP contribution in [0.3, 0.4) is 0 Å². The fourth-order valence-electron chi connectivity index (χ4n) is 3.77. The van der Waals surface area contributed by atoms with Crippen molar-refractivity contribution in [3.05, 3.63) is 33.9 Å². The third-order valence-electron chi connectivity index (χ3n) is 4.76. The van der Waals surface area contributed by atoms with Crippen molar-refractivity contribution in [1.29, 1.82) is 0 Å². The second kappa shape index (κ2) is 5.40. The van der Waals surface area contributed by atoms with Gasteiger partial charge in [-0.1, -0.05) is 6.42 Å². The molecule has 108 valence electrons. The number of nitrogens with zero attached hydrogens (tertiary/aromatic N) is 2. The number of non-ortho nitro benzene ring substituents is 1. The number of fused-ring (bicyclic) bond motifs is 1. The summed E-state index contributed by atoms with van der Waals surface area (Å²) < 4.78 is 0. The number of nitro benzene ring substituents is 1. The maximum atomic E-state index is 10.9. The number of nitro groups is 1. The predicted octanol–water partition coefficient (Wildman–Crippen LogP) is 2.87. The summed E-state index contributed by atoms with van der Waals surface area (Å²) in [6.45, 7) is 3.11. The van der Waals surface area contributed by atoms with Gasteiger partial charge in [0.15, 0.2) is 0 Å². The first-order valence-electron chi connectivity index (χ1n) is 7.35. The van der Waals surface area contributed by atoms with E-state index in [9.17, 15) is 10.1 Å². The highest BCUT2D eigenvalue weighted by Gasteiger charge is 2.36. The van der Waals surface area contributed by atoms with Crippen molar-refractivity contribution >= 4 is 11.4 Å². The Hall–Kier alpha value is -1.62. The molecule has 2 aliphatic rings. The molecule has 1 N–H and O–H groups in total. The van der Waals surface area contributed by atoms with Crippen molar-refractivity contribution in [2.75, 3.05) is 25.5 Å². The Labute approximate surface area is 119 Å². The number of hydrogen-bond donors (Lipinski definition) is 1. The molecule has 1 aromatic rings. The molecule has 3 rings (SSSR count). The van der Waals surface area contributed by atoms with Crippen molar-refractivity contribution in [3.63, 3.8) is 0 Å². The maximum Gasteiger partial charge on any atom is 0.269 e. The van der Waals surface area contributed by atoms with Crippen LogP contribution < -0.4 is 5.32 Å². The van der Waals surface area contributed by atoms with Crippen LogP contribution in [-0.4, -0.2) is 30.0 Å². The fraction of sp³-hybridized carbons (Fsp3) is 0.600. The van der Waals surface area contributed by atoms with Gasteiger partial charge in [0.05, 0.1) is 4.92 Å². The minimum atomic E-state index is -0.318. The minimum absolute atomic E-state index is 0.179. The summed E-state index contributed by atoms with van der Waals surface area (Å²) in [5, 5.41) is 14.1. The van der Waals surface area contributed by atoms with E-state index in [0.717, 1.165) is 42.7 Å². The number of rotatable bonds is 4. The van der Waals surface area contributed by atoms with E-state index in [2.05, 4.69) is 10.2 Å². The van der Waals surface area contributed by atoms with E-state index >= 15 is 0 Å². The third-order valence-corrected chi connectivity index (χ3v) is 4.76. The highest BCUT2D eigenvalue weighted by molar-refractivity contribution is 5.55. The summed E-state index contributed by atoms with van der Waals surface area (Å²) in [6, 6.07) is 5.08. The minimum Gasteiger partial charge on any atom is -0.388 e. The Morgan fingerprint density at radius 3 is 2.65 bits per heavy atom. The lowest BCUT2D eigenvalue weighted by molar-refractivity contribution is -0.384. The lowest BCUT2D eigenvalue weighted by atomic mass is 10.0. The summed E-state index contributed by atoms with van der Waals surface area (Å²) in [7, 11) is 1.86. The zero-order valence-electron chi connectivity index (χ0n) is 11.8. The summed E-state index contributed by atoms with van der Waals surface area (Å²) in [5.74, 6) is 1.71. The van der Waals surface area contributed by atoms with Crippen LogP contribution in [0.4, 0.5) is 11.4 Å². The summed E-state index contributed by atoms with van der Waals surface area (Å²) >= 11 is 0. The van der Waals surface area contributed by atoms with Gasteiger partial charge in [-0.15, -0.1) is 0 Å². The zero-order chi connectivity index (χ0) is 14.1. The number of anilines is 1. The molecule has 2 atom stereocenters. The largest absolute Gasteiger partial charge is 0.388 e. The molecule has 1 heterocycles. The van der Waals surface area contributed by atoms with E-state index in [1.807, 2.05) is 13.1 Å². The average molecular weight is 275 g/mol. The highest BCUT2D eigenvalue weighted by atomic mass is 16.6. The van der Waals surface area contributed by atoms with E-state index in [0.29, 0.717) is 0 Å². The Morgan fingerprint density at radius 2 is 2.05 bits per heavy atom. The molecule has 2 fully saturated rings. The van der Waals surface area contributed by atoms with E-state index in [-0.39, 0.29) is 10.6 Å². The first-order chi connectivity index (χ1) is 9.67.